The number of pyridine rings is 1. The van der Waals surface area contributed by atoms with Crippen LogP contribution < -0.4 is 10.1 Å². The second-order valence-electron chi connectivity index (χ2n) is 3.86. The lowest BCUT2D eigenvalue weighted by atomic mass is 10.2. The first kappa shape index (κ1) is 10.7. The highest BCUT2D eigenvalue weighted by molar-refractivity contribution is 5.69. The molecule has 16 heavy (non-hydrogen) atoms. The fourth-order valence-corrected chi connectivity index (χ4v) is 1.48. The van der Waals surface area contributed by atoms with Gasteiger partial charge in [0.2, 0.25) is 5.88 Å². The molecule has 1 aromatic rings. The van der Waals surface area contributed by atoms with E-state index in [1.54, 1.807) is 6.07 Å². The van der Waals surface area contributed by atoms with E-state index < -0.39 is 6.09 Å². The Morgan fingerprint density at radius 3 is 3.00 bits per heavy atom. The monoisotopic (exact) mass is 222 g/mol. The van der Waals surface area contributed by atoms with E-state index in [9.17, 15) is 4.79 Å². The molecule has 5 nitrogen and oxygen atoms in total. The third-order valence-corrected chi connectivity index (χ3v) is 2.13. The molecule has 1 atom stereocenters. The van der Waals surface area contributed by atoms with Crippen LogP contribution >= 0.6 is 0 Å². The van der Waals surface area contributed by atoms with Crippen LogP contribution in [-0.4, -0.2) is 23.8 Å². The van der Waals surface area contributed by atoms with E-state index in [2.05, 4.69) is 10.3 Å². The number of amides is 1. The van der Waals surface area contributed by atoms with Crippen molar-refractivity contribution >= 4 is 6.09 Å². The number of nitrogens with zero attached hydrogens (tertiary/aromatic N) is 1. The second kappa shape index (κ2) is 4.38. The highest BCUT2D eigenvalue weighted by atomic mass is 16.6. The van der Waals surface area contributed by atoms with Crippen molar-refractivity contribution in [1.82, 2.24) is 10.3 Å². The summed E-state index contributed by atoms with van der Waals surface area (Å²) < 4.78 is 10.3. The van der Waals surface area contributed by atoms with Gasteiger partial charge in [-0.15, -0.1) is 0 Å². The number of cyclic esters (lactones) is 1. The second-order valence-corrected chi connectivity index (χ2v) is 3.86. The molecule has 0 spiro atoms. The molecule has 86 valence electrons. The zero-order valence-corrected chi connectivity index (χ0v) is 9.27. The zero-order chi connectivity index (χ0) is 11.5. The van der Waals surface area contributed by atoms with Crippen molar-refractivity contribution in [3.63, 3.8) is 0 Å². The molecule has 0 aromatic carbocycles. The van der Waals surface area contributed by atoms with E-state index in [4.69, 9.17) is 9.47 Å². The van der Waals surface area contributed by atoms with Gasteiger partial charge in [0.1, 0.15) is 12.6 Å². The quantitative estimate of drug-likeness (QED) is 0.844. The fraction of sp³-hybridized carbons (Fsp3) is 0.455. The van der Waals surface area contributed by atoms with E-state index in [0.29, 0.717) is 12.5 Å². The van der Waals surface area contributed by atoms with Crippen LogP contribution in [0.25, 0.3) is 0 Å². The summed E-state index contributed by atoms with van der Waals surface area (Å²) in [6.45, 7) is 4.20. The Morgan fingerprint density at radius 2 is 2.38 bits per heavy atom. The molecular formula is C11H14N2O3. The van der Waals surface area contributed by atoms with Crippen LogP contribution in [0.15, 0.2) is 18.2 Å². The lowest BCUT2D eigenvalue weighted by Crippen LogP contribution is -2.19. The van der Waals surface area contributed by atoms with Gasteiger partial charge in [-0.25, -0.2) is 9.78 Å². The third kappa shape index (κ3) is 2.42. The molecule has 2 rings (SSSR count). The van der Waals surface area contributed by atoms with E-state index in [1.807, 2.05) is 26.0 Å². The van der Waals surface area contributed by atoms with Crippen molar-refractivity contribution < 1.29 is 14.3 Å². The van der Waals surface area contributed by atoms with Gasteiger partial charge in [0.25, 0.3) is 0 Å². The van der Waals surface area contributed by atoms with E-state index in [0.717, 1.165) is 5.69 Å². The van der Waals surface area contributed by atoms with Gasteiger partial charge in [0.15, 0.2) is 0 Å². The van der Waals surface area contributed by atoms with Gasteiger partial charge in [-0.2, -0.15) is 0 Å². The number of alkyl carbamates (subject to hydrolysis) is 1. The lowest BCUT2D eigenvalue weighted by molar-refractivity contribution is 0.176. The van der Waals surface area contributed by atoms with Crippen LogP contribution in [0.3, 0.4) is 0 Å². The molecule has 2 heterocycles. The van der Waals surface area contributed by atoms with Crippen LogP contribution in [0.4, 0.5) is 4.79 Å². The normalized spacial score (nSPS) is 19.4. The number of hydrogen-bond donors (Lipinski definition) is 1. The van der Waals surface area contributed by atoms with Gasteiger partial charge in [0, 0.05) is 6.07 Å². The maximum Gasteiger partial charge on any atom is 0.407 e. The molecular weight excluding hydrogens is 208 g/mol. The Hall–Kier alpha value is -1.78. The predicted molar refractivity (Wildman–Crippen MR) is 57.2 cm³/mol. The topological polar surface area (TPSA) is 60.5 Å². The van der Waals surface area contributed by atoms with Crippen LogP contribution in [0, 0.1) is 0 Å². The number of carbonyl (C=O) groups is 1. The molecule has 1 amide bonds. The summed E-state index contributed by atoms with van der Waals surface area (Å²) in [7, 11) is 0. The van der Waals surface area contributed by atoms with Crippen molar-refractivity contribution in [2.24, 2.45) is 0 Å². The Labute approximate surface area is 93.8 Å². The summed E-state index contributed by atoms with van der Waals surface area (Å²) in [4.78, 5) is 15.2. The Bertz CT molecular complexity index is 393. The molecule has 0 saturated carbocycles. The average Bonchev–Trinajstić information content (AvgIpc) is 2.64. The maximum absolute atomic E-state index is 10.9. The molecule has 5 heteroatoms. The van der Waals surface area contributed by atoms with Crippen LogP contribution in [0.2, 0.25) is 0 Å². The minimum absolute atomic E-state index is 0.0807. The van der Waals surface area contributed by atoms with Crippen molar-refractivity contribution in [1.29, 1.82) is 0 Å². The fourth-order valence-electron chi connectivity index (χ4n) is 1.48. The molecule has 1 unspecified atom stereocenters. The maximum atomic E-state index is 10.9. The lowest BCUT2D eigenvalue weighted by Gasteiger charge is -2.11. The highest BCUT2D eigenvalue weighted by Gasteiger charge is 2.25. The molecule has 1 aromatic heterocycles. The standard InChI is InChI=1S/C11H14N2O3/c1-7(2)16-10-5-3-4-8(12-10)9-6-15-11(14)13-9/h3-5,7,9H,6H2,1-2H3,(H,13,14). The summed E-state index contributed by atoms with van der Waals surface area (Å²) in [5.41, 5.74) is 0.754. The van der Waals surface area contributed by atoms with Gasteiger partial charge >= 0.3 is 6.09 Å². The Kier molecular flexibility index (Phi) is 2.94. The largest absolute Gasteiger partial charge is 0.475 e. The predicted octanol–water partition coefficient (Wildman–Crippen LogP) is 1.65. The molecule has 1 aliphatic rings. The average molecular weight is 222 g/mol. The first-order valence-corrected chi connectivity index (χ1v) is 5.22. The Morgan fingerprint density at radius 1 is 1.56 bits per heavy atom. The number of ether oxygens (including phenoxy) is 2. The number of rotatable bonds is 3. The molecule has 0 radical (unpaired) electrons. The third-order valence-electron chi connectivity index (χ3n) is 2.13. The summed E-state index contributed by atoms with van der Waals surface area (Å²) in [5.74, 6) is 0.564. The molecule has 1 saturated heterocycles. The minimum Gasteiger partial charge on any atom is -0.475 e. The highest BCUT2D eigenvalue weighted by Crippen LogP contribution is 2.19. The molecule has 1 fully saturated rings. The van der Waals surface area contributed by atoms with Gasteiger partial charge in [-0.1, -0.05) is 6.07 Å². The van der Waals surface area contributed by atoms with Crippen LogP contribution in [0.5, 0.6) is 5.88 Å². The number of hydrogen-bond acceptors (Lipinski definition) is 4. The van der Waals surface area contributed by atoms with Gasteiger partial charge < -0.3 is 14.8 Å². The first-order valence-electron chi connectivity index (χ1n) is 5.22. The molecule has 1 aliphatic heterocycles. The van der Waals surface area contributed by atoms with Gasteiger partial charge in [0.05, 0.1) is 11.8 Å². The molecule has 0 bridgehead atoms. The Balaban J connectivity index is 2.12. The number of carbonyl (C=O) groups excluding carboxylic acids is 1. The van der Waals surface area contributed by atoms with Crippen molar-refractivity contribution in [2.75, 3.05) is 6.61 Å². The smallest absolute Gasteiger partial charge is 0.407 e. The zero-order valence-electron chi connectivity index (χ0n) is 9.27. The summed E-state index contributed by atoms with van der Waals surface area (Å²) in [6.07, 6.45) is -0.320. The van der Waals surface area contributed by atoms with Crippen molar-refractivity contribution in [2.45, 2.75) is 26.0 Å². The van der Waals surface area contributed by atoms with Gasteiger partial charge in [-0.05, 0) is 19.9 Å². The van der Waals surface area contributed by atoms with Crippen molar-refractivity contribution in [3.8, 4) is 5.88 Å². The molecule has 0 aliphatic carbocycles. The number of nitrogens with one attached hydrogen (secondary N) is 1. The number of aromatic nitrogens is 1. The van der Waals surface area contributed by atoms with E-state index in [1.165, 1.54) is 0 Å². The summed E-state index contributed by atoms with van der Waals surface area (Å²) >= 11 is 0. The van der Waals surface area contributed by atoms with Crippen LogP contribution in [0.1, 0.15) is 25.6 Å². The SMILES string of the molecule is CC(C)Oc1cccc(C2COC(=O)N2)n1. The summed E-state index contributed by atoms with van der Waals surface area (Å²) in [5, 5.41) is 2.67. The van der Waals surface area contributed by atoms with Crippen LogP contribution in [-0.2, 0) is 4.74 Å². The van der Waals surface area contributed by atoms with Crippen molar-refractivity contribution in [3.05, 3.63) is 23.9 Å². The first-order chi connectivity index (χ1) is 7.65. The van der Waals surface area contributed by atoms with E-state index in [-0.39, 0.29) is 12.1 Å². The van der Waals surface area contributed by atoms with Gasteiger partial charge in [-0.3, -0.25) is 0 Å². The minimum atomic E-state index is -0.401. The molecule has 1 N–H and O–H groups in total. The van der Waals surface area contributed by atoms with E-state index >= 15 is 0 Å². The summed E-state index contributed by atoms with van der Waals surface area (Å²) in [6, 6.07) is 5.31.